The Morgan fingerprint density at radius 2 is 1.78 bits per heavy atom. The molecule has 32 heavy (non-hydrogen) atoms. The molecule has 2 amide bonds. The van der Waals surface area contributed by atoms with Crippen molar-refractivity contribution in [2.24, 2.45) is 0 Å². The number of fused-ring (bicyclic) bond motifs is 1. The van der Waals surface area contributed by atoms with Gasteiger partial charge in [-0.3, -0.25) is 9.59 Å². The van der Waals surface area contributed by atoms with Crippen LogP contribution < -0.4 is 32.5 Å². The predicted octanol–water partition coefficient (Wildman–Crippen LogP) is -5.08. The first-order valence-corrected chi connectivity index (χ1v) is 10.8. The van der Waals surface area contributed by atoms with Gasteiger partial charge in [0.1, 0.15) is 49.3 Å². The summed E-state index contributed by atoms with van der Waals surface area (Å²) >= 11 is 0. The van der Waals surface area contributed by atoms with Gasteiger partial charge >= 0.3 is 0 Å². The summed E-state index contributed by atoms with van der Waals surface area (Å²) in [5, 5.41) is 16.1. The number of hydrogen-bond donors (Lipinski definition) is 4. The molecule has 2 aromatic carbocycles. The van der Waals surface area contributed by atoms with Crippen molar-refractivity contribution in [2.75, 3.05) is 6.54 Å². The van der Waals surface area contributed by atoms with Crippen molar-refractivity contribution in [3.8, 4) is 11.3 Å². The number of aromatic nitrogens is 1. The van der Waals surface area contributed by atoms with E-state index in [2.05, 4.69) is 15.6 Å². The van der Waals surface area contributed by atoms with Gasteiger partial charge in [0.25, 0.3) is 0 Å². The summed E-state index contributed by atoms with van der Waals surface area (Å²) in [5.41, 5.74) is 6.74. The van der Waals surface area contributed by atoms with Crippen LogP contribution in [0.25, 0.3) is 22.2 Å². The highest BCUT2D eigenvalue weighted by Crippen LogP contribution is 2.29. The molecule has 4 N–H and O–H groups in total. The lowest BCUT2D eigenvalue weighted by atomic mass is 9.66. The highest BCUT2D eigenvalue weighted by atomic mass is 19.1. The maximum Gasteiger partial charge on any atom is 0.245 e. The van der Waals surface area contributed by atoms with Gasteiger partial charge in [0.2, 0.25) is 11.8 Å². The minimum atomic E-state index is -0.925. The molecule has 2 atom stereocenters. The highest BCUT2D eigenvalue weighted by molar-refractivity contribution is 6.59. The lowest BCUT2D eigenvalue weighted by Crippen LogP contribution is -2.46. The van der Waals surface area contributed by atoms with Gasteiger partial charge in [-0.25, -0.2) is 4.39 Å². The molecule has 1 aliphatic heterocycles. The van der Waals surface area contributed by atoms with Crippen molar-refractivity contribution in [3.63, 3.8) is 0 Å². The lowest BCUT2D eigenvalue weighted by Gasteiger charge is -2.19. The van der Waals surface area contributed by atoms with E-state index in [0.717, 1.165) is 38.6 Å². The molecule has 1 aliphatic rings. The molecule has 0 radical (unpaired) electrons. The summed E-state index contributed by atoms with van der Waals surface area (Å²) < 4.78 is 14.6. The van der Waals surface area contributed by atoms with Crippen LogP contribution in [0.1, 0.15) is 12.0 Å². The Bertz CT molecular complexity index is 1220. The lowest BCUT2D eigenvalue weighted by molar-refractivity contribution is -0.128. The number of carbonyl (C=O) groups is 2. The Morgan fingerprint density at radius 1 is 1.12 bits per heavy atom. The van der Waals surface area contributed by atoms with E-state index in [1.807, 2.05) is 40.0 Å². The van der Waals surface area contributed by atoms with Crippen LogP contribution in [-0.2, 0) is 16.0 Å². The number of β-amino-alcohol motifs (C(OH)–C–C–N with tert-alkyl or cyclic N) is 1. The Labute approximate surface area is 189 Å². The molecule has 0 aliphatic carbocycles. The molecule has 3 aromatic rings. The van der Waals surface area contributed by atoms with Crippen molar-refractivity contribution in [1.29, 1.82) is 0 Å². The van der Waals surface area contributed by atoms with Gasteiger partial charge in [-0.1, -0.05) is 40.1 Å². The monoisotopic (exact) mass is 429 g/mol. The second-order valence-electron chi connectivity index (χ2n) is 8.57. The van der Waals surface area contributed by atoms with Crippen LogP contribution in [0.5, 0.6) is 0 Å². The number of halogens is 1. The van der Waals surface area contributed by atoms with E-state index in [1.165, 1.54) is 0 Å². The van der Waals surface area contributed by atoms with Crippen LogP contribution in [0.15, 0.2) is 24.3 Å². The van der Waals surface area contributed by atoms with Gasteiger partial charge in [-0.2, -0.15) is 0 Å². The number of aryl methyl sites for hydroxylation is 1. The average molecular weight is 429 g/mol. The Kier molecular flexibility index (Phi) is 5.95. The predicted molar refractivity (Wildman–Crippen MR) is 136 cm³/mol. The van der Waals surface area contributed by atoms with E-state index >= 15 is 0 Å². The molecule has 0 unspecified atom stereocenters. The number of carbonyl (C=O) groups excluding carboxylic acids is 2. The zero-order chi connectivity index (χ0) is 23.2. The molecular formula is C21H24B4FN3O3. The molecule has 2 heterocycles. The maximum atomic E-state index is 14.6. The number of aromatic amines is 1. The molecule has 1 fully saturated rings. The van der Waals surface area contributed by atoms with E-state index in [9.17, 15) is 19.1 Å². The van der Waals surface area contributed by atoms with E-state index in [0.29, 0.717) is 17.3 Å². The fourth-order valence-electron chi connectivity index (χ4n) is 4.57. The molecule has 0 bridgehead atoms. The number of para-hydroxylation sites is 1. The van der Waals surface area contributed by atoms with Crippen molar-refractivity contribution >= 4 is 76.0 Å². The number of H-pyrrole nitrogens is 1. The first kappa shape index (κ1) is 22.3. The third kappa shape index (κ3) is 3.75. The first-order valence-electron chi connectivity index (χ1n) is 10.8. The Hall–Kier alpha value is -2.93. The SMILES string of the molecule is Bc1c(B)c(-c2[nH]c3ccccc3c2CCC(=O)N[C@@H]2C(=O)NC[C@H]2O)c(B)c(B)c1F. The number of aliphatic hydroxyl groups excluding tert-OH is 1. The smallest absolute Gasteiger partial charge is 0.245 e. The molecule has 0 saturated carbocycles. The largest absolute Gasteiger partial charge is 0.389 e. The van der Waals surface area contributed by atoms with Crippen molar-refractivity contribution in [3.05, 3.63) is 35.6 Å². The topological polar surface area (TPSA) is 94.2 Å². The number of amides is 2. The zero-order valence-electron chi connectivity index (χ0n) is 18.7. The van der Waals surface area contributed by atoms with Gasteiger partial charge in [0.05, 0.1) is 0 Å². The van der Waals surface area contributed by atoms with Gasteiger partial charge in [0, 0.05) is 29.6 Å². The zero-order valence-corrected chi connectivity index (χ0v) is 18.7. The summed E-state index contributed by atoms with van der Waals surface area (Å²) in [7, 11) is 7.41. The van der Waals surface area contributed by atoms with Crippen LogP contribution in [0, 0.1) is 5.82 Å². The molecular weight excluding hydrogens is 404 g/mol. The molecule has 4 rings (SSSR count). The second kappa shape index (κ2) is 8.54. The van der Waals surface area contributed by atoms with Gasteiger partial charge < -0.3 is 20.7 Å². The number of aliphatic hydroxyl groups is 1. The number of hydrogen-bond acceptors (Lipinski definition) is 3. The van der Waals surface area contributed by atoms with E-state index in [1.54, 1.807) is 15.7 Å². The van der Waals surface area contributed by atoms with Crippen LogP contribution in [0.4, 0.5) is 4.39 Å². The van der Waals surface area contributed by atoms with Gasteiger partial charge in [0.15, 0.2) is 0 Å². The number of nitrogens with one attached hydrogen (secondary N) is 3. The minimum absolute atomic E-state index is 0.137. The third-order valence-corrected chi connectivity index (χ3v) is 6.67. The Balaban J connectivity index is 1.71. The quantitative estimate of drug-likeness (QED) is 0.306. The molecule has 11 heteroatoms. The van der Waals surface area contributed by atoms with Crippen molar-refractivity contribution in [2.45, 2.75) is 25.0 Å². The summed E-state index contributed by atoms with van der Waals surface area (Å²) in [5.74, 6) is -0.862. The maximum absolute atomic E-state index is 14.6. The van der Waals surface area contributed by atoms with E-state index < -0.39 is 12.1 Å². The van der Waals surface area contributed by atoms with Crippen molar-refractivity contribution in [1.82, 2.24) is 15.6 Å². The van der Waals surface area contributed by atoms with Crippen LogP contribution in [0.2, 0.25) is 0 Å². The summed E-state index contributed by atoms with van der Waals surface area (Å²) in [6.07, 6.45) is -0.336. The number of benzene rings is 2. The second-order valence-corrected chi connectivity index (χ2v) is 8.57. The summed E-state index contributed by atoms with van der Waals surface area (Å²) in [4.78, 5) is 27.9. The number of rotatable bonds is 5. The van der Waals surface area contributed by atoms with Crippen LogP contribution in [-0.4, -0.2) is 72.0 Å². The molecule has 0 spiro atoms. The summed E-state index contributed by atoms with van der Waals surface area (Å²) in [6, 6.07) is 6.96. The fourth-order valence-corrected chi connectivity index (χ4v) is 4.57. The first-order chi connectivity index (χ1) is 15.2. The van der Waals surface area contributed by atoms with E-state index in [4.69, 9.17) is 0 Å². The average Bonchev–Trinajstić information content (AvgIpc) is 3.29. The molecule has 160 valence electrons. The normalized spacial score (nSPS) is 18.1. The third-order valence-electron chi connectivity index (χ3n) is 6.67. The standard InChI is InChI=1S/C21H24B4FN3O3/c22-14-13(15(23)17(25)18(26)16(14)24)19-9(8-3-1-2-4-10(8)28-19)5-6-12(31)29-20-11(30)7-27-21(20)32/h1-4,11,20,28,30H,5-7,22-25H2,(H,27,32)(H,29,31)/t11-,20+/m1/s1. The molecule has 1 aromatic heterocycles. The minimum Gasteiger partial charge on any atom is -0.389 e. The molecule has 1 saturated heterocycles. The highest BCUT2D eigenvalue weighted by Gasteiger charge is 2.34. The van der Waals surface area contributed by atoms with Gasteiger partial charge in [-0.15, -0.1) is 0 Å². The van der Waals surface area contributed by atoms with Crippen LogP contribution in [0.3, 0.4) is 0 Å². The van der Waals surface area contributed by atoms with Gasteiger partial charge in [-0.05, 0) is 23.6 Å². The fraction of sp³-hybridized carbons (Fsp3) is 0.238. The van der Waals surface area contributed by atoms with E-state index in [-0.39, 0.29) is 30.6 Å². The van der Waals surface area contributed by atoms with Crippen molar-refractivity contribution < 1.29 is 19.1 Å². The molecule has 6 nitrogen and oxygen atoms in total. The summed E-state index contributed by atoms with van der Waals surface area (Å²) in [6.45, 7) is 0.137. The Morgan fingerprint density at radius 3 is 2.41 bits per heavy atom. The van der Waals surface area contributed by atoms with Crippen LogP contribution >= 0.6 is 0 Å².